The van der Waals surface area contributed by atoms with Gasteiger partial charge in [-0.1, -0.05) is 13.8 Å². The molecule has 2 aromatic rings. The Labute approximate surface area is 124 Å². The number of nitrogens with zero attached hydrogens (tertiary/aromatic N) is 2. The van der Waals surface area contributed by atoms with Crippen LogP contribution in [-0.4, -0.2) is 18.6 Å². The van der Waals surface area contributed by atoms with E-state index in [1.807, 2.05) is 13.0 Å². The van der Waals surface area contributed by atoms with Gasteiger partial charge in [0.1, 0.15) is 5.76 Å². The van der Waals surface area contributed by atoms with Crippen LogP contribution < -0.4 is 10.2 Å². The second-order valence-electron chi connectivity index (χ2n) is 5.50. The molecule has 0 aliphatic heterocycles. The fraction of sp³-hybridized carbons (Fsp3) is 0.533. The lowest BCUT2D eigenvalue weighted by molar-refractivity contribution is 0.529. The topological polar surface area (TPSA) is 41.3 Å². The van der Waals surface area contributed by atoms with Crippen molar-refractivity contribution in [1.29, 1.82) is 0 Å². The molecule has 2 heterocycles. The van der Waals surface area contributed by atoms with Crippen molar-refractivity contribution in [1.82, 2.24) is 10.3 Å². The highest BCUT2D eigenvalue weighted by Crippen LogP contribution is 2.22. The molecule has 0 spiro atoms. The Balaban J connectivity index is 1.89. The molecular weight excluding hydrogens is 270 g/mol. The zero-order valence-corrected chi connectivity index (χ0v) is 13.5. The average Bonchev–Trinajstić information content (AvgIpc) is 2.99. The van der Waals surface area contributed by atoms with E-state index in [0.717, 1.165) is 36.2 Å². The van der Waals surface area contributed by atoms with Crippen LogP contribution >= 0.6 is 11.3 Å². The first-order chi connectivity index (χ1) is 9.56. The molecule has 0 atom stereocenters. The maximum absolute atomic E-state index is 5.33. The minimum absolute atomic E-state index is 0.667. The van der Waals surface area contributed by atoms with E-state index in [2.05, 4.69) is 41.5 Å². The molecule has 2 rings (SSSR count). The number of hydrogen-bond acceptors (Lipinski definition) is 5. The number of hydrogen-bond donors (Lipinski definition) is 1. The zero-order chi connectivity index (χ0) is 14.5. The predicted molar refractivity (Wildman–Crippen MR) is 84.2 cm³/mol. The highest BCUT2D eigenvalue weighted by molar-refractivity contribution is 7.13. The molecular formula is C15H23N3OS. The molecule has 0 radical (unpaired) electrons. The van der Waals surface area contributed by atoms with Gasteiger partial charge >= 0.3 is 0 Å². The SMILES string of the molecule is Cc1occc1CN(C)c1nc(CNCC(C)C)cs1. The molecule has 4 nitrogen and oxygen atoms in total. The average molecular weight is 293 g/mol. The van der Waals surface area contributed by atoms with Gasteiger partial charge in [-0.05, 0) is 25.5 Å². The van der Waals surface area contributed by atoms with Crippen molar-refractivity contribution in [3.05, 3.63) is 34.7 Å². The minimum atomic E-state index is 0.667. The zero-order valence-electron chi connectivity index (χ0n) is 12.6. The normalized spacial score (nSPS) is 11.2. The van der Waals surface area contributed by atoms with E-state index >= 15 is 0 Å². The Morgan fingerprint density at radius 2 is 2.25 bits per heavy atom. The van der Waals surface area contributed by atoms with Crippen LogP contribution in [0.2, 0.25) is 0 Å². The number of furan rings is 1. The van der Waals surface area contributed by atoms with Gasteiger partial charge in [0.05, 0.1) is 12.0 Å². The van der Waals surface area contributed by atoms with Crippen molar-refractivity contribution in [3.8, 4) is 0 Å². The maximum atomic E-state index is 5.33. The Morgan fingerprint density at radius 3 is 2.90 bits per heavy atom. The molecule has 0 fully saturated rings. The van der Waals surface area contributed by atoms with Gasteiger partial charge < -0.3 is 14.6 Å². The van der Waals surface area contributed by atoms with Crippen LogP contribution in [0.5, 0.6) is 0 Å². The molecule has 2 aromatic heterocycles. The van der Waals surface area contributed by atoms with E-state index in [4.69, 9.17) is 4.42 Å². The van der Waals surface area contributed by atoms with Gasteiger partial charge in [0, 0.05) is 31.1 Å². The summed E-state index contributed by atoms with van der Waals surface area (Å²) in [5.74, 6) is 1.65. The Morgan fingerprint density at radius 1 is 1.45 bits per heavy atom. The monoisotopic (exact) mass is 293 g/mol. The summed E-state index contributed by atoms with van der Waals surface area (Å²) in [6, 6.07) is 2.02. The van der Waals surface area contributed by atoms with Gasteiger partial charge in [0.15, 0.2) is 5.13 Å². The number of anilines is 1. The maximum Gasteiger partial charge on any atom is 0.185 e. The number of aromatic nitrogens is 1. The van der Waals surface area contributed by atoms with Crippen molar-refractivity contribution in [2.45, 2.75) is 33.9 Å². The van der Waals surface area contributed by atoms with Crippen LogP contribution in [0.15, 0.2) is 22.1 Å². The summed E-state index contributed by atoms with van der Waals surface area (Å²) in [5, 5.41) is 6.59. The Kier molecular flexibility index (Phi) is 5.20. The van der Waals surface area contributed by atoms with Crippen LogP contribution in [0.25, 0.3) is 0 Å². The molecule has 5 heteroatoms. The number of nitrogens with one attached hydrogen (secondary N) is 1. The summed E-state index contributed by atoms with van der Waals surface area (Å²) in [4.78, 5) is 6.83. The molecule has 0 unspecified atom stereocenters. The largest absolute Gasteiger partial charge is 0.469 e. The van der Waals surface area contributed by atoms with Crippen LogP contribution in [0.1, 0.15) is 30.9 Å². The molecule has 0 aliphatic carbocycles. The smallest absolute Gasteiger partial charge is 0.185 e. The lowest BCUT2D eigenvalue weighted by atomic mass is 10.2. The van der Waals surface area contributed by atoms with Gasteiger partial charge in [0.2, 0.25) is 0 Å². The molecule has 0 aliphatic rings. The first-order valence-electron chi connectivity index (χ1n) is 6.95. The van der Waals surface area contributed by atoms with Crippen molar-refractivity contribution >= 4 is 16.5 Å². The van der Waals surface area contributed by atoms with E-state index in [1.165, 1.54) is 5.56 Å². The third-order valence-electron chi connectivity index (χ3n) is 3.10. The molecule has 0 saturated carbocycles. The van der Waals surface area contributed by atoms with Gasteiger partial charge in [-0.3, -0.25) is 0 Å². The first kappa shape index (κ1) is 15.1. The van der Waals surface area contributed by atoms with Crippen LogP contribution in [0.4, 0.5) is 5.13 Å². The summed E-state index contributed by atoms with van der Waals surface area (Å²) in [5.41, 5.74) is 2.32. The highest BCUT2D eigenvalue weighted by atomic mass is 32.1. The van der Waals surface area contributed by atoms with E-state index in [0.29, 0.717) is 5.92 Å². The number of aryl methyl sites for hydroxylation is 1. The lowest BCUT2D eigenvalue weighted by Gasteiger charge is -2.14. The predicted octanol–water partition coefficient (Wildman–Crippen LogP) is 3.43. The van der Waals surface area contributed by atoms with Crippen molar-refractivity contribution < 1.29 is 4.42 Å². The highest BCUT2D eigenvalue weighted by Gasteiger charge is 2.10. The van der Waals surface area contributed by atoms with E-state index < -0.39 is 0 Å². The molecule has 110 valence electrons. The van der Waals surface area contributed by atoms with Crippen molar-refractivity contribution in [2.75, 3.05) is 18.5 Å². The quantitative estimate of drug-likeness (QED) is 0.849. The molecule has 20 heavy (non-hydrogen) atoms. The summed E-state index contributed by atoms with van der Waals surface area (Å²) >= 11 is 1.69. The van der Waals surface area contributed by atoms with Crippen molar-refractivity contribution in [3.63, 3.8) is 0 Å². The van der Waals surface area contributed by atoms with Crippen LogP contribution in [-0.2, 0) is 13.1 Å². The van der Waals surface area contributed by atoms with E-state index in [1.54, 1.807) is 17.6 Å². The molecule has 1 N–H and O–H groups in total. The second kappa shape index (κ2) is 6.90. The van der Waals surface area contributed by atoms with Gasteiger partial charge in [-0.15, -0.1) is 11.3 Å². The molecule has 0 saturated heterocycles. The van der Waals surface area contributed by atoms with Crippen molar-refractivity contribution in [2.24, 2.45) is 5.92 Å². The molecule has 0 bridgehead atoms. The summed E-state index contributed by atoms with van der Waals surface area (Å²) in [6.45, 7) is 9.10. The Bertz CT molecular complexity index is 533. The standard InChI is InChI=1S/C15H23N3OS/c1-11(2)7-16-8-14-10-20-15(17-14)18(4)9-13-5-6-19-12(13)3/h5-6,10-11,16H,7-9H2,1-4H3. The van der Waals surface area contributed by atoms with Gasteiger partial charge in [-0.2, -0.15) is 0 Å². The van der Waals surface area contributed by atoms with Crippen LogP contribution in [0, 0.1) is 12.8 Å². The van der Waals surface area contributed by atoms with Gasteiger partial charge in [0.25, 0.3) is 0 Å². The fourth-order valence-electron chi connectivity index (χ4n) is 1.94. The molecule has 0 aromatic carbocycles. The fourth-order valence-corrected chi connectivity index (χ4v) is 2.73. The van der Waals surface area contributed by atoms with Crippen LogP contribution in [0.3, 0.4) is 0 Å². The Hall–Kier alpha value is -1.33. The third kappa shape index (κ3) is 4.08. The first-order valence-corrected chi connectivity index (χ1v) is 7.83. The lowest BCUT2D eigenvalue weighted by Crippen LogP contribution is -2.19. The molecule has 0 amide bonds. The minimum Gasteiger partial charge on any atom is -0.469 e. The van der Waals surface area contributed by atoms with E-state index in [-0.39, 0.29) is 0 Å². The summed E-state index contributed by atoms with van der Waals surface area (Å²) in [7, 11) is 2.07. The summed E-state index contributed by atoms with van der Waals surface area (Å²) in [6.07, 6.45) is 1.74. The third-order valence-corrected chi connectivity index (χ3v) is 4.10. The summed E-state index contributed by atoms with van der Waals surface area (Å²) < 4.78 is 5.33. The van der Waals surface area contributed by atoms with E-state index in [9.17, 15) is 0 Å². The number of rotatable bonds is 7. The van der Waals surface area contributed by atoms with Gasteiger partial charge in [-0.25, -0.2) is 4.98 Å². The second-order valence-corrected chi connectivity index (χ2v) is 6.34. The number of thiazole rings is 1.